The average Bonchev–Trinajstić information content (AvgIpc) is 1.85. The Balaban J connectivity index is 2.97. The first-order chi connectivity index (χ1) is 5.13. The molecule has 0 unspecified atom stereocenters. The van der Waals surface area contributed by atoms with Crippen LogP contribution in [0.4, 0.5) is 0 Å². The molecule has 0 saturated heterocycles. The van der Waals surface area contributed by atoms with E-state index in [1.54, 1.807) is 0 Å². The number of nitrogens with two attached hydrogens (primary N) is 1. The van der Waals surface area contributed by atoms with Gasteiger partial charge in [-0.3, -0.25) is 4.79 Å². The van der Waals surface area contributed by atoms with E-state index in [2.05, 4.69) is 10.2 Å². The molecule has 0 aliphatic carbocycles. The topological polar surface area (TPSA) is 58.4 Å². The van der Waals surface area contributed by atoms with Crippen molar-refractivity contribution < 1.29 is 4.79 Å². The van der Waals surface area contributed by atoms with Gasteiger partial charge in [-0.1, -0.05) is 0 Å². The second-order valence-corrected chi connectivity index (χ2v) is 2.80. The number of hydrogen-bond donors (Lipinski definition) is 2. The first-order valence-corrected chi connectivity index (χ1v) is 3.76. The van der Waals surface area contributed by atoms with Gasteiger partial charge >= 0.3 is 0 Å². The molecule has 3 N–H and O–H groups in total. The highest BCUT2D eigenvalue weighted by molar-refractivity contribution is 5.75. The summed E-state index contributed by atoms with van der Waals surface area (Å²) in [5.74, 6) is -0.296. The predicted octanol–water partition coefficient (Wildman–Crippen LogP) is -0.987. The second kappa shape index (κ2) is 6.12. The summed E-state index contributed by atoms with van der Waals surface area (Å²) in [5, 5.41) is 2.94. The zero-order valence-corrected chi connectivity index (χ0v) is 7.26. The minimum absolute atomic E-state index is 0.285. The summed E-state index contributed by atoms with van der Waals surface area (Å²) < 4.78 is 0. The first-order valence-electron chi connectivity index (χ1n) is 3.76. The van der Waals surface area contributed by atoms with Gasteiger partial charge in [-0.25, -0.2) is 0 Å². The molecule has 0 fully saturated rings. The standard InChI is InChI=1S/C7H17N3O/c1-10(2)5-3-4-9-6-7(8)11/h9H,3-6H2,1-2H3,(H2,8,11). The van der Waals surface area contributed by atoms with Crippen molar-refractivity contribution in [3.05, 3.63) is 0 Å². The Morgan fingerprint density at radius 1 is 1.55 bits per heavy atom. The fourth-order valence-electron chi connectivity index (χ4n) is 0.732. The van der Waals surface area contributed by atoms with Gasteiger partial charge in [0.1, 0.15) is 0 Å². The Labute approximate surface area is 67.7 Å². The number of rotatable bonds is 6. The van der Waals surface area contributed by atoms with Gasteiger partial charge in [0.15, 0.2) is 0 Å². The highest BCUT2D eigenvalue weighted by Crippen LogP contribution is 1.79. The van der Waals surface area contributed by atoms with Crippen LogP contribution in [0.2, 0.25) is 0 Å². The van der Waals surface area contributed by atoms with E-state index in [9.17, 15) is 4.79 Å². The molecule has 0 atom stereocenters. The lowest BCUT2D eigenvalue weighted by Crippen LogP contribution is -2.30. The van der Waals surface area contributed by atoms with E-state index in [0.29, 0.717) is 0 Å². The predicted molar refractivity (Wildman–Crippen MR) is 45.2 cm³/mol. The van der Waals surface area contributed by atoms with Crippen LogP contribution in [-0.4, -0.2) is 44.5 Å². The molecule has 4 nitrogen and oxygen atoms in total. The van der Waals surface area contributed by atoms with Gasteiger partial charge in [0, 0.05) is 0 Å². The third-order valence-electron chi connectivity index (χ3n) is 1.26. The van der Waals surface area contributed by atoms with E-state index < -0.39 is 0 Å². The van der Waals surface area contributed by atoms with Gasteiger partial charge in [0.2, 0.25) is 5.91 Å². The molecule has 0 aliphatic rings. The van der Waals surface area contributed by atoms with E-state index in [1.165, 1.54) is 0 Å². The molecule has 11 heavy (non-hydrogen) atoms. The number of carbonyl (C=O) groups excluding carboxylic acids is 1. The van der Waals surface area contributed by atoms with Gasteiger partial charge in [-0.2, -0.15) is 0 Å². The number of amides is 1. The van der Waals surface area contributed by atoms with Gasteiger partial charge < -0.3 is 16.0 Å². The molecule has 0 saturated carbocycles. The zero-order chi connectivity index (χ0) is 8.69. The van der Waals surface area contributed by atoms with Crippen LogP contribution in [0, 0.1) is 0 Å². The minimum Gasteiger partial charge on any atom is -0.369 e. The number of nitrogens with zero attached hydrogens (tertiary/aromatic N) is 1. The van der Waals surface area contributed by atoms with E-state index in [1.807, 2.05) is 14.1 Å². The maximum Gasteiger partial charge on any atom is 0.231 e. The molecule has 0 rings (SSSR count). The van der Waals surface area contributed by atoms with Crippen molar-refractivity contribution in [2.45, 2.75) is 6.42 Å². The lowest BCUT2D eigenvalue weighted by Gasteiger charge is -2.08. The average molecular weight is 159 g/mol. The van der Waals surface area contributed by atoms with E-state index in [4.69, 9.17) is 5.73 Å². The Bertz CT molecular complexity index is 114. The molecule has 0 spiro atoms. The van der Waals surface area contributed by atoms with Crippen molar-refractivity contribution in [2.24, 2.45) is 5.73 Å². The molecule has 4 heteroatoms. The lowest BCUT2D eigenvalue weighted by atomic mass is 10.4. The Hall–Kier alpha value is -0.610. The third kappa shape index (κ3) is 9.39. The summed E-state index contributed by atoms with van der Waals surface area (Å²) in [6.07, 6.45) is 1.04. The SMILES string of the molecule is CN(C)CCCNCC(N)=O. The molecule has 66 valence electrons. The fourth-order valence-corrected chi connectivity index (χ4v) is 0.732. The van der Waals surface area contributed by atoms with Crippen molar-refractivity contribution in [3.63, 3.8) is 0 Å². The molecule has 0 aromatic rings. The van der Waals surface area contributed by atoms with Gasteiger partial charge in [-0.05, 0) is 33.6 Å². The summed E-state index contributed by atoms with van der Waals surface area (Å²) in [5.41, 5.74) is 4.92. The van der Waals surface area contributed by atoms with Crippen LogP contribution in [0.25, 0.3) is 0 Å². The summed E-state index contributed by atoms with van der Waals surface area (Å²) in [4.78, 5) is 12.3. The van der Waals surface area contributed by atoms with Crippen molar-refractivity contribution >= 4 is 5.91 Å². The van der Waals surface area contributed by atoms with Crippen molar-refractivity contribution in [3.8, 4) is 0 Å². The van der Waals surface area contributed by atoms with E-state index >= 15 is 0 Å². The van der Waals surface area contributed by atoms with Crippen molar-refractivity contribution in [2.75, 3.05) is 33.7 Å². The third-order valence-corrected chi connectivity index (χ3v) is 1.26. The first kappa shape index (κ1) is 10.4. The quantitative estimate of drug-likeness (QED) is 0.489. The Morgan fingerprint density at radius 3 is 2.64 bits per heavy atom. The summed E-state index contributed by atoms with van der Waals surface area (Å²) in [7, 11) is 4.04. The number of nitrogens with one attached hydrogen (secondary N) is 1. The Morgan fingerprint density at radius 2 is 2.18 bits per heavy atom. The molecule has 0 aliphatic heterocycles. The number of primary amides is 1. The summed E-state index contributed by atoms with van der Waals surface area (Å²) in [6.45, 7) is 2.17. The van der Waals surface area contributed by atoms with Crippen LogP contribution in [0.1, 0.15) is 6.42 Å². The monoisotopic (exact) mass is 159 g/mol. The normalized spacial score (nSPS) is 10.5. The van der Waals surface area contributed by atoms with Crippen LogP contribution in [0.5, 0.6) is 0 Å². The highest BCUT2D eigenvalue weighted by atomic mass is 16.1. The second-order valence-electron chi connectivity index (χ2n) is 2.80. The molecular formula is C7H17N3O. The minimum atomic E-state index is -0.296. The van der Waals surface area contributed by atoms with E-state index in [0.717, 1.165) is 19.5 Å². The molecule has 1 amide bonds. The molecule has 0 heterocycles. The van der Waals surface area contributed by atoms with Gasteiger partial charge in [-0.15, -0.1) is 0 Å². The Kier molecular flexibility index (Phi) is 5.78. The van der Waals surface area contributed by atoms with Crippen molar-refractivity contribution in [1.82, 2.24) is 10.2 Å². The highest BCUT2D eigenvalue weighted by Gasteiger charge is 1.92. The maximum absolute atomic E-state index is 10.2. The van der Waals surface area contributed by atoms with Gasteiger partial charge in [0.05, 0.1) is 6.54 Å². The molecule has 0 radical (unpaired) electrons. The molecular weight excluding hydrogens is 142 g/mol. The van der Waals surface area contributed by atoms with E-state index in [-0.39, 0.29) is 12.5 Å². The molecule has 0 aromatic heterocycles. The van der Waals surface area contributed by atoms with Crippen LogP contribution >= 0.6 is 0 Å². The zero-order valence-electron chi connectivity index (χ0n) is 7.26. The van der Waals surface area contributed by atoms with Crippen molar-refractivity contribution in [1.29, 1.82) is 0 Å². The van der Waals surface area contributed by atoms with Crippen LogP contribution in [0.15, 0.2) is 0 Å². The van der Waals surface area contributed by atoms with Gasteiger partial charge in [0.25, 0.3) is 0 Å². The molecule has 0 bridgehead atoms. The largest absolute Gasteiger partial charge is 0.369 e. The summed E-state index contributed by atoms with van der Waals surface area (Å²) in [6, 6.07) is 0. The van der Waals surface area contributed by atoms with Crippen LogP contribution in [0.3, 0.4) is 0 Å². The fraction of sp³-hybridized carbons (Fsp3) is 0.857. The summed E-state index contributed by atoms with van der Waals surface area (Å²) >= 11 is 0. The maximum atomic E-state index is 10.2. The number of carbonyl (C=O) groups is 1. The number of hydrogen-bond acceptors (Lipinski definition) is 3. The molecule has 0 aromatic carbocycles. The van der Waals surface area contributed by atoms with Crippen LogP contribution in [-0.2, 0) is 4.79 Å². The smallest absolute Gasteiger partial charge is 0.231 e. The van der Waals surface area contributed by atoms with Crippen LogP contribution < -0.4 is 11.1 Å². The lowest BCUT2D eigenvalue weighted by molar-refractivity contribution is -0.117.